The number of hydrogen-bond acceptors (Lipinski definition) is 0. The molecular weight excluding hydrogens is 201 g/mol. The van der Waals surface area contributed by atoms with Crippen LogP contribution in [0.2, 0.25) is 0 Å². The van der Waals surface area contributed by atoms with E-state index in [0.29, 0.717) is 0 Å². The molecule has 0 aliphatic rings. The van der Waals surface area contributed by atoms with Crippen molar-refractivity contribution in [3.05, 3.63) is 0 Å². The molecule has 0 saturated heterocycles. The van der Waals surface area contributed by atoms with Crippen molar-refractivity contribution in [2.75, 3.05) is 0 Å². The van der Waals surface area contributed by atoms with Crippen molar-refractivity contribution in [3.8, 4) is 0 Å². The first-order chi connectivity index (χ1) is 0. The van der Waals surface area contributed by atoms with Crippen LogP contribution in [0.25, 0.3) is 0 Å². The van der Waals surface area contributed by atoms with Crippen molar-refractivity contribution in [2.45, 2.75) is 0 Å². The third kappa shape index (κ3) is 31.6. The van der Waals surface area contributed by atoms with Gasteiger partial charge in [-0.2, -0.15) is 0 Å². The fourth-order valence-corrected chi connectivity index (χ4v) is 0. The second kappa shape index (κ2) is 52.9. The summed E-state index contributed by atoms with van der Waals surface area (Å²) in [6.45, 7) is 0. The molecule has 2 radical (unpaired) electrons. The van der Waals surface area contributed by atoms with Crippen LogP contribution in [0.1, 0.15) is 0 Å². The van der Waals surface area contributed by atoms with Crippen LogP contribution < -0.4 is 0 Å². The van der Waals surface area contributed by atoms with Gasteiger partial charge in [-0.25, -0.2) is 0 Å². The minimum Gasteiger partial charge on any atom is -0.412 e. The predicted octanol–water partition coefficient (Wildman–Crippen LogP) is -3.68. The van der Waals surface area contributed by atoms with Crippen LogP contribution in [-0.4, -0.2) is 70.8 Å². The van der Waals surface area contributed by atoms with E-state index in [0.717, 1.165) is 0 Å². The van der Waals surface area contributed by atoms with Gasteiger partial charge in [-0.05, 0) is 0 Å². The molecule has 8 N–H and O–H groups in total. The smallest absolute Gasteiger partial charge is 0 e. The van der Waals surface area contributed by atoms with E-state index < -0.39 is 0 Å². The second-order valence-electron chi connectivity index (χ2n) is 0. The Bertz CT molecular complexity index is 3.61. The molecule has 0 aromatic rings. The van der Waals surface area contributed by atoms with E-state index in [1.54, 1.807) is 0 Å². The topological polar surface area (TPSA) is 126 Å². The van der Waals surface area contributed by atoms with Crippen molar-refractivity contribution >= 4 is 48.9 Å². The molecule has 5 heavy (non-hydrogen) atoms. The average molecular weight is 209 g/mol. The van der Waals surface area contributed by atoms with E-state index in [4.69, 9.17) is 0 Å². The zero-order valence-electron chi connectivity index (χ0n) is 2.71. The van der Waals surface area contributed by atoms with Crippen LogP contribution >= 0.6 is 0 Å². The van der Waals surface area contributed by atoms with E-state index in [1.165, 1.54) is 0 Å². The van der Waals surface area contributed by atoms with E-state index in [-0.39, 0.29) is 70.8 Å². The molecule has 0 aliphatic heterocycles. The molecule has 0 heterocycles. The normalized spacial score (nSPS) is 0. The Morgan fingerprint density at radius 1 is 0.400 bits per heavy atom. The van der Waals surface area contributed by atoms with Gasteiger partial charge in [0.15, 0.2) is 0 Å². The standard InChI is InChI=1S/Ba.4H2O/h;4*1H2. The maximum Gasteiger partial charge on any atom is 0 e. The Kier molecular flexibility index (Phi) is 996. The summed E-state index contributed by atoms with van der Waals surface area (Å²) in [6, 6.07) is 0. The van der Waals surface area contributed by atoms with E-state index in [1.807, 2.05) is 0 Å². The molecule has 0 rings (SSSR count). The zero-order chi connectivity index (χ0) is 0. The monoisotopic (exact) mass is 210 g/mol. The van der Waals surface area contributed by atoms with Crippen molar-refractivity contribution < 1.29 is 21.9 Å². The third-order valence-electron chi connectivity index (χ3n) is 0. The van der Waals surface area contributed by atoms with E-state index in [2.05, 4.69) is 0 Å². The molecule has 0 fully saturated rings. The van der Waals surface area contributed by atoms with Crippen LogP contribution in [0, 0.1) is 0 Å². The molecule has 0 aliphatic carbocycles. The molecule has 0 amide bonds. The molecule has 0 saturated carbocycles. The first-order valence-electron chi connectivity index (χ1n) is 0. The van der Waals surface area contributed by atoms with Crippen LogP contribution in [0.15, 0.2) is 0 Å². The fourth-order valence-electron chi connectivity index (χ4n) is 0. The quantitative estimate of drug-likeness (QED) is 0.364. The van der Waals surface area contributed by atoms with Gasteiger partial charge in [-0.15, -0.1) is 0 Å². The molecule has 34 valence electrons. The van der Waals surface area contributed by atoms with Gasteiger partial charge in [0.25, 0.3) is 0 Å². The van der Waals surface area contributed by atoms with Crippen molar-refractivity contribution in [1.82, 2.24) is 0 Å². The first kappa shape index (κ1) is 94.2. The van der Waals surface area contributed by atoms with Gasteiger partial charge >= 0.3 is 0 Å². The molecule has 0 aromatic heterocycles. The average Bonchev–Trinajstić information content (AvgIpc) is 0. The van der Waals surface area contributed by atoms with Gasteiger partial charge < -0.3 is 21.9 Å². The van der Waals surface area contributed by atoms with Crippen molar-refractivity contribution in [3.63, 3.8) is 0 Å². The summed E-state index contributed by atoms with van der Waals surface area (Å²) in [7, 11) is 0. The number of rotatable bonds is 0. The molecule has 0 unspecified atom stereocenters. The Morgan fingerprint density at radius 3 is 0.400 bits per heavy atom. The van der Waals surface area contributed by atoms with Crippen molar-refractivity contribution in [2.24, 2.45) is 0 Å². The molecule has 0 atom stereocenters. The largest absolute Gasteiger partial charge is 0.412 e. The van der Waals surface area contributed by atoms with Crippen LogP contribution in [0.5, 0.6) is 0 Å². The van der Waals surface area contributed by atoms with Gasteiger partial charge in [-0.3, -0.25) is 0 Å². The van der Waals surface area contributed by atoms with E-state index in [9.17, 15) is 0 Å². The summed E-state index contributed by atoms with van der Waals surface area (Å²) in [5.74, 6) is 0. The molecule has 4 nitrogen and oxygen atoms in total. The Labute approximate surface area is 69.9 Å². The minimum atomic E-state index is 0. The number of hydrogen-bond donors (Lipinski definition) is 0. The Balaban J connectivity index is 0. The van der Waals surface area contributed by atoms with Gasteiger partial charge in [0, 0.05) is 48.9 Å². The molecule has 0 aromatic carbocycles. The summed E-state index contributed by atoms with van der Waals surface area (Å²) in [6.07, 6.45) is 0. The fraction of sp³-hybridized carbons (Fsp3) is 0. The molecule has 0 bridgehead atoms. The van der Waals surface area contributed by atoms with Gasteiger partial charge in [-0.1, -0.05) is 0 Å². The first-order valence-corrected chi connectivity index (χ1v) is 0. The van der Waals surface area contributed by atoms with Crippen LogP contribution in [0.4, 0.5) is 0 Å². The summed E-state index contributed by atoms with van der Waals surface area (Å²) < 4.78 is 0. The summed E-state index contributed by atoms with van der Waals surface area (Å²) >= 11 is 0. The maximum atomic E-state index is 0. The van der Waals surface area contributed by atoms with Gasteiger partial charge in [0.05, 0.1) is 0 Å². The molecular formula is H8BaO4. The SMILES string of the molecule is O.O.O.O.[Ba]. The van der Waals surface area contributed by atoms with Crippen LogP contribution in [-0.2, 0) is 0 Å². The van der Waals surface area contributed by atoms with Gasteiger partial charge in [0.2, 0.25) is 0 Å². The zero-order valence-corrected chi connectivity index (χ0v) is 7.15. The second-order valence-corrected chi connectivity index (χ2v) is 0. The predicted molar refractivity (Wildman–Crippen MR) is 20.2 cm³/mol. The maximum absolute atomic E-state index is 0. The summed E-state index contributed by atoms with van der Waals surface area (Å²) in [4.78, 5) is 0. The summed E-state index contributed by atoms with van der Waals surface area (Å²) in [5, 5.41) is 0. The molecule has 5 heteroatoms. The van der Waals surface area contributed by atoms with E-state index >= 15 is 0 Å². The van der Waals surface area contributed by atoms with Gasteiger partial charge in [0.1, 0.15) is 0 Å². The van der Waals surface area contributed by atoms with Crippen LogP contribution in [0.3, 0.4) is 0 Å². The van der Waals surface area contributed by atoms with Crippen molar-refractivity contribution in [1.29, 1.82) is 0 Å². The summed E-state index contributed by atoms with van der Waals surface area (Å²) in [5.41, 5.74) is 0. The molecule has 0 spiro atoms. The third-order valence-corrected chi connectivity index (χ3v) is 0. The Morgan fingerprint density at radius 2 is 0.400 bits per heavy atom. The minimum absolute atomic E-state index is 0. The Hall–Kier alpha value is 1.41.